The number of piperazine rings is 1. The second kappa shape index (κ2) is 8.16. The average molecular weight is 466 g/mol. The Balaban J connectivity index is 1.37. The van der Waals surface area contributed by atoms with Crippen LogP contribution >= 0.6 is 15.9 Å². The smallest absolute Gasteiger partial charge is 0.354 e. The average Bonchev–Trinajstić information content (AvgIpc) is 3.17. The van der Waals surface area contributed by atoms with E-state index in [0.29, 0.717) is 18.9 Å². The molecular formula is C20H19BrF3N5. The summed E-state index contributed by atoms with van der Waals surface area (Å²) in [7, 11) is 0. The van der Waals surface area contributed by atoms with Crippen LogP contribution in [0.25, 0.3) is 11.3 Å². The predicted molar refractivity (Wildman–Crippen MR) is 108 cm³/mol. The van der Waals surface area contributed by atoms with Gasteiger partial charge in [0.15, 0.2) is 0 Å². The van der Waals surface area contributed by atoms with Gasteiger partial charge in [0.05, 0.1) is 17.5 Å². The molecule has 0 atom stereocenters. The summed E-state index contributed by atoms with van der Waals surface area (Å²) in [6, 6.07) is 10.6. The predicted octanol–water partition coefficient (Wildman–Crippen LogP) is 4.58. The van der Waals surface area contributed by atoms with Crippen LogP contribution in [-0.2, 0) is 12.7 Å². The molecule has 1 aliphatic heterocycles. The van der Waals surface area contributed by atoms with E-state index < -0.39 is 11.7 Å². The third kappa shape index (κ3) is 4.62. The summed E-state index contributed by atoms with van der Waals surface area (Å²) in [5.41, 5.74) is 2.48. The molecule has 3 heterocycles. The lowest BCUT2D eigenvalue weighted by atomic mass is 10.1. The molecule has 0 spiro atoms. The van der Waals surface area contributed by atoms with Gasteiger partial charge in [-0.3, -0.25) is 10.00 Å². The Kier molecular flexibility index (Phi) is 5.60. The number of halogens is 4. The number of pyridine rings is 1. The van der Waals surface area contributed by atoms with Crippen molar-refractivity contribution in [1.29, 1.82) is 0 Å². The van der Waals surface area contributed by atoms with E-state index in [-0.39, 0.29) is 0 Å². The number of alkyl halides is 3. The summed E-state index contributed by atoms with van der Waals surface area (Å²) in [5, 5.41) is 7.28. The number of nitrogens with one attached hydrogen (secondary N) is 1. The van der Waals surface area contributed by atoms with Crippen LogP contribution in [0.1, 0.15) is 11.1 Å². The SMILES string of the molecule is FC(F)(F)c1ccc(N2CCN(Cc3cn[nH]c3-c3ccc(Br)cc3)CC2)nc1. The Morgan fingerprint density at radius 2 is 1.69 bits per heavy atom. The fraction of sp³-hybridized carbons (Fsp3) is 0.300. The number of hydrogen-bond acceptors (Lipinski definition) is 4. The van der Waals surface area contributed by atoms with E-state index in [9.17, 15) is 13.2 Å². The summed E-state index contributed by atoms with van der Waals surface area (Å²) >= 11 is 3.45. The molecule has 3 aromatic rings. The van der Waals surface area contributed by atoms with Crippen molar-refractivity contribution in [1.82, 2.24) is 20.1 Å². The third-order valence-corrected chi connectivity index (χ3v) is 5.54. The Labute approximate surface area is 174 Å². The number of anilines is 1. The molecule has 5 nitrogen and oxygen atoms in total. The van der Waals surface area contributed by atoms with E-state index in [4.69, 9.17) is 0 Å². The summed E-state index contributed by atoms with van der Waals surface area (Å²) in [6.45, 7) is 3.78. The van der Waals surface area contributed by atoms with Crippen molar-refractivity contribution in [3.05, 3.63) is 64.4 Å². The van der Waals surface area contributed by atoms with Gasteiger partial charge in [-0.2, -0.15) is 18.3 Å². The highest BCUT2D eigenvalue weighted by Gasteiger charge is 2.31. The van der Waals surface area contributed by atoms with E-state index >= 15 is 0 Å². The van der Waals surface area contributed by atoms with Crippen LogP contribution in [0.3, 0.4) is 0 Å². The molecule has 0 bridgehead atoms. The molecule has 0 unspecified atom stereocenters. The molecule has 0 amide bonds. The minimum atomic E-state index is -4.36. The maximum atomic E-state index is 12.7. The van der Waals surface area contributed by atoms with Gasteiger partial charge >= 0.3 is 6.18 Å². The molecule has 152 valence electrons. The van der Waals surface area contributed by atoms with Crippen LogP contribution in [0.2, 0.25) is 0 Å². The highest BCUT2D eigenvalue weighted by molar-refractivity contribution is 9.10. The van der Waals surface area contributed by atoms with Crippen LogP contribution in [0.15, 0.2) is 53.3 Å². The summed E-state index contributed by atoms with van der Waals surface area (Å²) < 4.78 is 39.1. The fourth-order valence-corrected chi connectivity index (χ4v) is 3.68. The van der Waals surface area contributed by atoms with Crippen LogP contribution in [-0.4, -0.2) is 46.3 Å². The third-order valence-electron chi connectivity index (χ3n) is 5.02. The molecule has 1 fully saturated rings. The first-order chi connectivity index (χ1) is 13.9. The van der Waals surface area contributed by atoms with E-state index in [2.05, 4.69) is 36.0 Å². The molecule has 1 saturated heterocycles. The largest absolute Gasteiger partial charge is 0.417 e. The number of nitrogens with zero attached hydrogens (tertiary/aromatic N) is 4. The zero-order chi connectivity index (χ0) is 20.4. The molecule has 1 N–H and O–H groups in total. The molecular weight excluding hydrogens is 447 g/mol. The normalized spacial score (nSPS) is 15.7. The monoisotopic (exact) mass is 465 g/mol. The lowest BCUT2D eigenvalue weighted by Crippen LogP contribution is -2.46. The minimum Gasteiger partial charge on any atom is -0.354 e. The first-order valence-corrected chi connectivity index (χ1v) is 9.98. The molecule has 9 heteroatoms. The number of benzene rings is 1. The maximum absolute atomic E-state index is 12.7. The summed E-state index contributed by atoms with van der Waals surface area (Å²) in [6.07, 6.45) is -1.61. The van der Waals surface area contributed by atoms with Crippen molar-refractivity contribution >= 4 is 21.7 Å². The van der Waals surface area contributed by atoms with Crippen LogP contribution < -0.4 is 4.90 Å². The van der Waals surface area contributed by atoms with Gasteiger partial charge in [-0.05, 0) is 29.8 Å². The van der Waals surface area contributed by atoms with Gasteiger partial charge in [-0.1, -0.05) is 28.1 Å². The van der Waals surface area contributed by atoms with Gasteiger partial charge in [0.1, 0.15) is 5.82 Å². The Morgan fingerprint density at radius 1 is 0.966 bits per heavy atom. The van der Waals surface area contributed by atoms with Crippen molar-refractivity contribution in [2.75, 3.05) is 31.1 Å². The second-order valence-electron chi connectivity index (χ2n) is 6.94. The molecule has 4 rings (SSSR count). The van der Waals surface area contributed by atoms with Gasteiger partial charge in [0.2, 0.25) is 0 Å². The number of H-pyrrole nitrogens is 1. The van der Waals surface area contributed by atoms with E-state index in [1.54, 1.807) is 0 Å². The maximum Gasteiger partial charge on any atom is 0.417 e. The van der Waals surface area contributed by atoms with E-state index in [0.717, 1.165) is 53.2 Å². The topological polar surface area (TPSA) is 48.0 Å². The van der Waals surface area contributed by atoms with E-state index in [1.807, 2.05) is 35.4 Å². The minimum absolute atomic E-state index is 0.580. The number of aromatic amines is 1. The molecule has 0 radical (unpaired) electrons. The van der Waals surface area contributed by atoms with Gasteiger partial charge in [-0.15, -0.1) is 0 Å². The molecule has 1 aromatic carbocycles. The Bertz CT molecular complexity index is 945. The second-order valence-corrected chi connectivity index (χ2v) is 7.86. The lowest BCUT2D eigenvalue weighted by molar-refractivity contribution is -0.137. The number of rotatable bonds is 4. The molecule has 0 saturated carbocycles. The number of hydrogen-bond donors (Lipinski definition) is 1. The van der Waals surface area contributed by atoms with Gasteiger partial charge in [0, 0.05) is 49.0 Å². The quantitative estimate of drug-likeness (QED) is 0.612. The summed E-state index contributed by atoms with van der Waals surface area (Å²) in [4.78, 5) is 8.33. The Morgan fingerprint density at radius 3 is 2.31 bits per heavy atom. The highest BCUT2D eigenvalue weighted by atomic mass is 79.9. The molecule has 0 aliphatic carbocycles. The van der Waals surface area contributed by atoms with Crippen molar-refractivity contribution in [2.24, 2.45) is 0 Å². The molecule has 29 heavy (non-hydrogen) atoms. The zero-order valence-corrected chi connectivity index (χ0v) is 17.0. The summed E-state index contributed by atoms with van der Waals surface area (Å²) in [5.74, 6) is 0.580. The van der Waals surface area contributed by atoms with Crippen molar-refractivity contribution < 1.29 is 13.2 Å². The highest BCUT2D eigenvalue weighted by Crippen LogP contribution is 2.30. The first-order valence-electron chi connectivity index (χ1n) is 9.19. The number of aromatic nitrogens is 3. The lowest BCUT2D eigenvalue weighted by Gasteiger charge is -2.35. The van der Waals surface area contributed by atoms with Crippen LogP contribution in [0, 0.1) is 0 Å². The molecule has 2 aromatic heterocycles. The van der Waals surface area contributed by atoms with E-state index in [1.165, 1.54) is 6.07 Å². The van der Waals surface area contributed by atoms with Crippen molar-refractivity contribution in [3.63, 3.8) is 0 Å². The fourth-order valence-electron chi connectivity index (χ4n) is 3.41. The Hall–Kier alpha value is -2.39. The standard InChI is InChI=1S/C20H19BrF3N5/c21-17-4-1-14(2-5-17)19-15(11-26-27-19)13-28-7-9-29(10-8-28)18-6-3-16(12-25-18)20(22,23)24/h1-6,11-12H,7-10,13H2,(H,26,27). The van der Waals surface area contributed by atoms with Crippen molar-refractivity contribution in [2.45, 2.75) is 12.7 Å². The van der Waals surface area contributed by atoms with Crippen LogP contribution in [0.5, 0.6) is 0 Å². The van der Waals surface area contributed by atoms with Gasteiger partial charge < -0.3 is 4.90 Å². The van der Waals surface area contributed by atoms with Crippen LogP contribution in [0.4, 0.5) is 19.0 Å². The molecule has 1 aliphatic rings. The van der Waals surface area contributed by atoms with Gasteiger partial charge in [-0.25, -0.2) is 4.98 Å². The van der Waals surface area contributed by atoms with Crippen molar-refractivity contribution in [3.8, 4) is 11.3 Å². The van der Waals surface area contributed by atoms with Gasteiger partial charge in [0.25, 0.3) is 0 Å². The zero-order valence-electron chi connectivity index (χ0n) is 15.5. The first kappa shape index (κ1) is 19.9.